The van der Waals surface area contributed by atoms with Gasteiger partial charge in [-0.1, -0.05) is 31.4 Å². The fraction of sp³-hybridized carbons (Fsp3) is 0.643. The summed E-state index contributed by atoms with van der Waals surface area (Å²) in [5.41, 5.74) is 1.09. The lowest BCUT2D eigenvalue weighted by atomic mass is 10.1. The van der Waals surface area contributed by atoms with Gasteiger partial charge in [0, 0.05) is 12.7 Å². The maximum atomic E-state index is 6.18. The molecular formula is C14H21ClN2O. The van der Waals surface area contributed by atoms with Gasteiger partial charge in [-0.3, -0.25) is 0 Å². The average Bonchev–Trinajstić information content (AvgIpc) is 2.88. The molecule has 0 saturated heterocycles. The maximum absolute atomic E-state index is 6.18. The number of rotatable bonds is 6. The van der Waals surface area contributed by atoms with E-state index in [-0.39, 0.29) is 0 Å². The highest BCUT2D eigenvalue weighted by Gasteiger charge is 2.16. The Morgan fingerprint density at radius 2 is 2.22 bits per heavy atom. The van der Waals surface area contributed by atoms with E-state index < -0.39 is 0 Å². The summed E-state index contributed by atoms with van der Waals surface area (Å²) >= 11 is 6.18. The zero-order chi connectivity index (χ0) is 12.8. The van der Waals surface area contributed by atoms with Gasteiger partial charge < -0.3 is 10.1 Å². The number of ether oxygens (including phenoxy) is 1. The van der Waals surface area contributed by atoms with Crippen molar-refractivity contribution in [3.05, 3.63) is 22.8 Å². The second kappa shape index (κ2) is 6.95. The second-order valence-corrected chi connectivity index (χ2v) is 5.28. The number of aromatic nitrogens is 1. The molecule has 0 radical (unpaired) electrons. The number of hydrogen-bond donors (Lipinski definition) is 1. The molecule has 0 aliphatic heterocycles. The van der Waals surface area contributed by atoms with Gasteiger partial charge in [-0.15, -0.1) is 0 Å². The largest absolute Gasteiger partial charge is 0.476 e. The Morgan fingerprint density at radius 1 is 1.44 bits per heavy atom. The molecule has 3 nitrogen and oxygen atoms in total. The molecule has 100 valence electrons. The van der Waals surface area contributed by atoms with Crippen molar-refractivity contribution in [1.82, 2.24) is 10.3 Å². The van der Waals surface area contributed by atoms with Crippen molar-refractivity contribution >= 4 is 11.6 Å². The fourth-order valence-electron chi connectivity index (χ4n) is 2.31. The standard InChI is InChI=1S/C14H21ClN2O/c1-2-16-8-12-7-13(15)14(17-9-12)18-10-11-5-3-4-6-11/h7,9,11,16H,2-6,8,10H2,1H3. The van der Waals surface area contributed by atoms with Gasteiger partial charge in [0.15, 0.2) is 0 Å². The number of nitrogens with one attached hydrogen (secondary N) is 1. The molecule has 1 fully saturated rings. The Hall–Kier alpha value is -0.800. The van der Waals surface area contributed by atoms with Crippen LogP contribution in [0.2, 0.25) is 5.02 Å². The third kappa shape index (κ3) is 3.85. The summed E-state index contributed by atoms with van der Waals surface area (Å²) in [6.45, 7) is 4.57. The molecule has 0 atom stereocenters. The molecule has 0 aromatic carbocycles. The average molecular weight is 269 g/mol. The van der Waals surface area contributed by atoms with Crippen molar-refractivity contribution in [1.29, 1.82) is 0 Å². The van der Waals surface area contributed by atoms with Crippen LogP contribution in [0.3, 0.4) is 0 Å². The van der Waals surface area contributed by atoms with Crippen LogP contribution in [0.1, 0.15) is 38.2 Å². The Bertz CT molecular complexity index is 378. The molecule has 1 saturated carbocycles. The summed E-state index contributed by atoms with van der Waals surface area (Å²) in [7, 11) is 0. The molecule has 1 aromatic heterocycles. The predicted molar refractivity (Wildman–Crippen MR) is 74.1 cm³/mol. The van der Waals surface area contributed by atoms with Crippen molar-refractivity contribution < 1.29 is 4.74 Å². The number of halogens is 1. The molecular weight excluding hydrogens is 248 g/mol. The van der Waals surface area contributed by atoms with Crippen molar-refractivity contribution in [2.45, 2.75) is 39.2 Å². The Balaban J connectivity index is 1.87. The number of nitrogens with zero attached hydrogens (tertiary/aromatic N) is 1. The monoisotopic (exact) mass is 268 g/mol. The van der Waals surface area contributed by atoms with Crippen molar-refractivity contribution in [3.8, 4) is 5.88 Å². The minimum absolute atomic E-state index is 0.573. The quantitative estimate of drug-likeness (QED) is 0.859. The van der Waals surface area contributed by atoms with E-state index >= 15 is 0 Å². The van der Waals surface area contributed by atoms with E-state index in [1.54, 1.807) is 0 Å². The van der Waals surface area contributed by atoms with Crippen LogP contribution in [-0.4, -0.2) is 18.1 Å². The lowest BCUT2D eigenvalue weighted by Crippen LogP contribution is -2.12. The van der Waals surface area contributed by atoms with Crippen LogP contribution in [-0.2, 0) is 6.54 Å². The van der Waals surface area contributed by atoms with Gasteiger partial charge in [0.1, 0.15) is 5.02 Å². The van der Waals surface area contributed by atoms with E-state index in [1.165, 1.54) is 25.7 Å². The second-order valence-electron chi connectivity index (χ2n) is 4.87. The first kappa shape index (κ1) is 13.6. The highest BCUT2D eigenvalue weighted by atomic mass is 35.5. The van der Waals surface area contributed by atoms with Gasteiger partial charge in [0.25, 0.3) is 0 Å². The molecule has 2 rings (SSSR count). The molecule has 18 heavy (non-hydrogen) atoms. The number of hydrogen-bond acceptors (Lipinski definition) is 3. The highest BCUT2D eigenvalue weighted by Crippen LogP contribution is 2.27. The molecule has 1 aliphatic rings. The van der Waals surface area contributed by atoms with Crippen LogP contribution in [0.25, 0.3) is 0 Å². The smallest absolute Gasteiger partial charge is 0.232 e. The minimum Gasteiger partial charge on any atom is -0.476 e. The topological polar surface area (TPSA) is 34.2 Å². The minimum atomic E-state index is 0.573. The van der Waals surface area contributed by atoms with E-state index in [0.29, 0.717) is 16.8 Å². The molecule has 1 N–H and O–H groups in total. The molecule has 0 spiro atoms. The molecule has 1 heterocycles. The third-order valence-corrected chi connectivity index (χ3v) is 3.64. The molecule has 1 aromatic rings. The van der Waals surface area contributed by atoms with Crippen LogP contribution >= 0.6 is 11.6 Å². The van der Waals surface area contributed by atoms with Gasteiger partial charge in [-0.05, 0) is 36.9 Å². The number of pyridine rings is 1. The Labute approximate surface area is 114 Å². The van der Waals surface area contributed by atoms with Gasteiger partial charge >= 0.3 is 0 Å². The van der Waals surface area contributed by atoms with Gasteiger partial charge in [0.05, 0.1) is 6.61 Å². The van der Waals surface area contributed by atoms with E-state index in [0.717, 1.165) is 25.3 Å². The molecule has 0 bridgehead atoms. The van der Waals surface area contributed by atoms with Crippen molar-refractivity contribution in [2.75, 3.05) is 13.2 Å². The third-order valence-electron chi connectivity index (χ3n) is 3.37. The van der Waals surface area contributed by atoms with E-state index in [1.807, 2.05) is 12.3 Å². The van der Waals surface area contributed by atoms with Gasteiger partial charge in [0.2, 0.25) is 5.88 Å². The Kier molecular flexibility index (Phi) is 5.26. The van der Waals surface area contributed by atoms with Crippen LogP contribution in [0, 0.1) is 5.92 Å². The van der Waals surface area contributed by atoms with E-state index in [4.69, 9.17) is 16.3 Å². The maximum Gasteiger partial charge on any atom is 0.232 e. The summed E-state index contributed by atoms with van der Waals surface area (Å²) in [6.07, 6.45) is 7.04. The lowest BCUT2D eigenvalue weighted by molar-refractivity contribution is 0.243. The van der Waals surface area contributed by atoms with Gasteiger partial charge in [-0.25, -0.2) is 4.98 Å². The van der Waals surface area contributed by atoms with Crippen LogP contribution in [0.15, 0.2) is 12.3 Å². The summed E-state index contributed by atoms with van der Waals surface area (Å²) in [4.78, 5) is 4.30. The predicted octanol–water partition coefficient (Wildman–Crippen LogP) is 3.41. The molecule has 0 unspecified atom stereocenters. The summed E-state index contributed by atoms with van der Waals surface area (Å²) in [5.74, 6) is 1.26. The first-order valence-electron chi connectivity index (χ1n) is 6.77. The van der Waals surface area contributed by atoms with E-state index in [9.17, 15) is 0 Å². The summed E-state index contributed by atoms with van der Waals surface area (Å²) in [6, 6.07) is 1.93. The van der Waals surface area contributed by atoms with Crippen LogP contribution in [0.4, 0.5) is 0 Å². The molecule has 1 aliphatic carbocycles. The summed E-state index contributed by atoms with van der Waals surface area (Å²) in [5, 5.41) is 3.86. The lowest BCUT2D eigenvalue weighted by Gasteiger charge is -2.12. The van der Waals surface area contributed by atoms with Crippen LogP contribution in [0.5, 0.6) is 5.88 Å². The zero-order valence-electron chi connectivity index (χ0n) is 10.9. The zero-order valence-corrected chi connectivity index (χ0v) is 11.7. The normalized spacial score (nSPS) is 16.1. The van der Waals surface area contributed by atoms with Crippen LogP contribution < -0.4 is 10.1 Å². The summed E-state index contributed by atoms with van der Waals surface area (Å²) < 4.78 is 5.72. The van der Waals surface area contributed by atoms with Gasteiger partial charge in [-0.2, -0.15) is 0 Å². The fourth-order valence-corrected chi connectivity index (χ4v) is 2.55. The highest BCUT2D eigenvalue weighted by molar-refractivity contribution is 6.31. The van der Waals surface area contributed by atoms with Crippen molar-refractivity contribution in [3.63, 3.8) is 0 Å². The van der Waals surface area contributed by atoms with Crippen molar-refractivity contribution in [2.24, 2.45) is 5.92 Å². The first-order chi connectivity index (χ1) is 8.79. The Morgan fingerprint density at radius 3 is 2.89 bits per heavy atom. The van der Waals surface area contributed by atoms with E-state index in [2.05, 4.69) is 17.2 Å². The first-order valence-corrected chi connectivity index (χ1v) is 7.15. The SMILES string of the molecule is CCNCc1cnc(OCC2CCCC2)c(Cl)c1. The molecule has 0 amide bonds. The molecule has 4 heteroatoms.